The van der Waals surface area contributed by atoms with E-state index in [9.17, 15) is 4.79 Å². The van der Waals surface area contributed by atoms with Gasteiger partial charge in [-0.15, -0.1) is 0 Å². The number of pyridine rings is 1. The second-order valence-corrected chi connectivity index (χ2v) is 5.35. The van der Waals surface area contributed by atoms with Crippen LogP contribution in [0.15, 0.2) is 12.3 Å². The van der Waals surface area contributed by atoms with Crippen LogP contribution >= 0.6 is 0 Å². The monoisotopic (exact) mass is 261 g/mol. The second-order valence-electron chi connectivity index (χ2n) is 5.35. The summed E-state index contributed by atoms with van der Waals surface area (Å²) in [6.07, 6.45) is 1.56. The number of nitrogens with two attached hydrogens (primary N) is 1. The maximum absolute atomic E-state index is 12.1. The third-order valence-electron chi connectivity index (χ3n) is 3.09. The zero-order chi connectivity index (χ0) is 14.2. The molecule has 6 heteroatoms. The van der Waals surface area contributed by atoms with Gasteiger partial charge in [0.25, 0.3) is 5.91 Å². The third-order valence-corrected chi connectivity index (χ3v) is 3.09. The first-order chi connectivity index (χ1) is 8.84. The van der Waals surface area contributed by atoms with Crippen LogP contribution < -0.4 is 11.1 Å². The number of carbonyl (C=O) groups is 1. The summed E-state index contributed by atoms with van der Waals surface area (Å²) in [5.41, 5.74) is 7.32. The smallest absolute Gasteiger partial charge is 0.253 e. The Morgan fingerprint density at radius 3 is 2.84 bits per heavy atom. The number of fused-ring (bicyclic) bond motifs is 1. The average molecular weight is 261 g/mol. The van der Waals surface area contributed by atoms with Crippen LogP contribution in [0.5, 0.6) is 0 Å². The lowest BCUT2D eigenvalue weighted by Gasteiger charge is -2.24. The maximum Gasteiger partial charge on any atom is 0.253 e. The quantitative estimate of drug-likeness (QED) is 0.853. The summed E-state index contributed by atoms with van der Waals surface area (Å²) in [5, 5.41) is 8.06. The number of hydrogen-bond donors (Lipinski definition) is 2. The van der Waals surface area contributed by atoms with Gasteiger partial charge in [-0.3, -0.25) is 9.48 Å². The summed E-state index contributed by atoms with van der Waals surface area (Å²) in [5.74, 6) is -0.173. The number of aromatic nitrogens is 3. The van der Waals surface area contributed by atoms with E-state index in [2.05, 4.69) is 15.4 Å². The summed E-state index contributed by atoms with van der Waals surface area (Å²) >= 11 is 0. The van der Waals surface area contributed by atoms with E-state index in [1.807, 2.05) is 33.9 Å². The number of aryl methyl sites for hydroxylation is 2. The van der Waals surface area contributed by atoms with Crippen molar-refractivity contribution in [2.45, 2.75) is 26.3 Å². The minimum atomic E-state index is -0.435. The molecule has 0 aromatic carbocycles. The molecular formula is C13H19N5O. The Morgan fingerprint density at radius 2 is 2.21 bits per heavy atom. The molecule has 19 heavy (non-hydrogen) atoms. The van der Waals surface area contributed by atoms with Gasteiger partial charge in [-0.2, -0.15) is 5.10 Å². The summed E-state index contributed by atoms with van der Waals surface area (Å²) < 4.78 is 1.70. The molecule has 1 amide bonds. The van der Waals surface area contributed by atoms with Gasteiger partial charge in [0, 0.05) is 30.7 Å². The van der Waals surface area contributed by atoms with Crippen molar-refractivity contribution in [2.24, 2.45) is 12.8 Å². The Kier molecular flexibility index (Phi) is 3.28. The zero-order valence-corrected chi connectivity index (χ0v) is 11.7. The maximum atomic E-state index is 12.1. The molecule has 0 aliphatic heterocycles. The minimum absolute atomic E-state index is 0.173. The van der Waals surface area contributed by atoms with Crippen LogP contribution in [0.2, 0.25) is 0 Å². The topological polar surface area (TPSA) is 85.8 Å². The van der Waals surface area contributed by atoms with Crippen LogP contribution in [-0.2, 0) is 7.05 Å². The van der Waals surface area contributed by atoms with Gasteiger partial charge >= 0.3 is 0 Å². The second kappa shape index (κ2) is 4.62. The molecule has 0 aliphatic rings. The van der Waals surface area contributed by atoms with E-state index in [0.29, 0.717) is 12.1 Å². The van der Waals surface area contributed by atoms with Gasteiger partial charge in [0.2, 0.25) is 0 Å². The molecule has 2 aromatic rings. The van der Waals surface area contributed by atoms with Gasteiger partial charge in [-0.25, -0.2) is 4.98 Å². The predicted molar refractivity (Wildman–Crippen MR) is 73.8 cm³/mol. The molecule has 0 radical (unpaired) electrons. The Bertz CT molecular complexity index is 629. The molecule has 102 valence electrons. The molecule has 0 atom stereocenters. The van der Waals surface area contributed by atoms with E-state index < -0.39 is 5.54 Å². The van der Waals surface area contributed by atoms with Crippen LogP contribution in [-0.4, -0.2) is 32.8 Å². The Labute approximate surface area is 112 Å². The molecule has 2 heterocycles. The summed E-state index contributed by atoms with van der Waals surface area (Å²) in [7, 11) is 1.83. The van der Waals surface area contributed by atoms with Gasteiger partial charge < -0.3 is 11.1 Å². The predicted octanol–water partition coefficient (Wildman–Crippen LogP) is 0.744. The number of hydrogen-bond acceptors (Lipinski definition) is 4. The van der Waals surface area contributed by atoms with Gasteiger partial charge in [0.15, 0.2) is 5.65 Å². The van der Waals surface area contributed by atoms with Crippen molar-refractivity contribution < 1.29 is 4.79 Å². The highest BCUT2D eigenvalue weighted by Crippen LogP contribution is 2.16. The molecular weight excluding hydrogens is 242 g/mol. The van der Waals surface area contributed by atoms with Gasteiger partial charge in [-0.05, 0) is 26.8 Å². The minimum Gasteiger partial charge on any atom is -0.346 e. The molecule has 0 saturated heterocycles. The first-order valence-electron chi connectivity index (χ1n) is 6.16. The molecule has 6 nitrogen and oxygen atoms in total. The number of nitrogens with one attached hydrogen (secondary N) is 1. The molecule has 2 aromatic heterocycles. The van der Waals surface area contributed by atoms with Gasteiger partial charge in [-0.1, -0.05) is 0 Å². The first-order valence-corrected chi connectivity index (χ1v) is 6.16. The number of amides is 1. The van der Waals surface area contributed by atoms with Crippen molar-refractivity contribution in [2.75, 3.05) is 6.54 Å². The lowest BCUT2D eigenvalue weighted by Crippen LogP contribution is -2.48. The van der Waals surface area contributed by atoms with E-state index in [0.717, 1.165) is 16.7 Å². The van der Waals surface area contributed by atoms with E-state index in [1.165, 1.54) is 0 Å². The van der Waals surface area contributed by atoms with Crippen LogP contribution in [0, 0.1) is 6.92 Å². The van der Waals surface area contributed by atoms with Crippen LogP contribution in [0.3, 0.4) is 0 Å². The van der Waals surface area contributed by atoms with Crippen LogP contribution in [0.4, 0.5) is 0 Å². The van der Waals surface area contributed by atoms with Crippen molar-refractivity contribution in [1.29, 1.82) is 0 Å². The number of carbonyl (C=O) groups excluding carboxylic acids is 1. The summed E-state index contributed by atoms with van der Waals surface area (Å²) in [4.78, 5) is 16.4. The molecule has 0 spiro atoms. The fraction of sp³-hybridized carbons (Fsp3) is 0.462. The molecule has 2 rings (SSSR count). The highest BCUT2D eigenvalue weighted by Gasteiger charge is 2.20. The highest BCUT2D eigenvalue weighted by atomic mass is 16.1. The van der Waals surface area contributed by atoms with Crippen LogP contribution in [0.1, 0.15) is 29.9 Å². The van der Waals surface area contributed by atoms with E-state index >= 15 is 0 Å². The Morgan fingerprint density at radius 1 is 1.53 bits per heavy atom. The van der Waals surface area contributed by atoms with Crippen molar-refractivity contribution >= 4 is 16.9 Å². The SMILES string of the molecule is Cc1nn(C)c2ncc(C(=O)NC(C)(C)CN)cc12. The fourth-order valence-corrected chi connectivity index (χ4v) is 1.86. The van der Waals surface area contributed by atoms with Crippen molar-refractivity contribution in [3.63, 3.8) is 0 Å². The van der Waals surface area contributed by atoms with Gasteiger partial charge in [0.1, 0.15) is 0 Å². The van der Waals surface area contributed by atoms with Gasteiger partial charge in [0.05, 0.1) is 11.3 Å². The van der Waals surface area contributed by atoms with Crippen molar-refractivity contribution in [1.82, 2.24) is 20.1 Å². The number of rotatable bonds is 3. The molecule has 0 fully saturated rings. The van der Waals surface area contributed by atoms with E-state index in [-0.39, 0.29) is 5.91 Å². The zero-order valence-electron chi connectivity index (χ0n) is 11.7. The number of nitrogens with zero attached hydrogens (tertiary/aromatic N) is 3. The molecule has 0 aliphatic carbocycles. The average Bonchev–Trinajstić information content (AvgIpc) is 2.64. The highest BCUT2D eigenvalue weighted by molar-refractivity contribution is 5.97. The Hall–Kier alpha value is -1.95. The molecule has 0 saturated carbocycles. The third kappa shape index (κ3) is 2.58. The van der Waals surface area contributed by atoms with Crippen LogP contribution in [0.25, 0.3) is 11.0 Å². The molecule has 3 N–H and O–H groups in total. The van der Waals surface area contributed by atoms with E-state index in [1.54, 1.807) is 10.9 Å². The van der Waals surface area contributed by atoms with Crippen molar-refractivity contribution in [3.8, 4) is 0 Å². The lowest BCUT2D eigenvalue weighted by molar-refractivity contribution is 0.0915. The first kappa shape index (κ1) is 13.5. The normalized spacial score (nSPS) is 11.8. The fourth-order valence-electron chi connectivity index (χ4n) is 1.86. The van der Waals surface area contributed by atoms with Crippen molar-refractivity contribution in [3.05, 3.63) is 23.5 Å². The standard InChI is InChI=1S/C13H19N5O/c1-8-10-5-9(6-15-11(10)18(4)17-8)12(19)16-13(2,3)7-14/h5-6H,7,14H2,1-4H3,(H,16,19). The summed E-state index contributed by atoms with van der Waals surface area (Å²) in [6.45, 7) is 6.04. The largest absolute Gasteiger partial charge is 0.346 e. The molecule has 0 unspecified atom stereocenters. The summed E-state index contributed by atoms with van der Waals surface area (Å²) in [6, 6.07) is 1.81. The molecule has 0 bridgehead atoms. The van der Waals surface area contributed by atoms with E-state index in [4.69, 9.17) is 5.73 Å². The lowest BCUT2D eigenvalue weighted by atomic mass is 10.1. The Balaban J connectivity index is 2.36.